The van der Waals surface area contributed by atoms with Gasteiger partial charge in [-0.2, -0.15) is 27.2 Å². The molecule has 1 atom stereocenters. The summed E-state index contributed by atoms with van der Waals surface area (Å²) < 4.78 is 69.4. The molecule has 1 amide bonds. The predicted molar refractivity (Wildman–Crippen MR) is 97.8 cm³/mol. The maximum Gasteiger partial charge on any atom is 0.416 e. The number of ether oxygens (including phenoxy) is 1. The van der Waals surface area contributed by atoms with Crippen LogP contribution in [0.2, 0.25) is 0 Å². The van der Waals surface area contributed by atoms with Crippen molar-refractivity contribution in [1.29, 1.82) is 5.26 Å². The molecule has 8 nitrogen and oxygen atoms in total. The number of aromatic nitrogens is 4. The first-order valence-corrected chi connectivity index (χ1v) is 8.83. The zero-order valence-corrected chi connectivity index (χ0v) is 16.1. The molecule has 0 aliphatic heterocycles. The monoisotopic (exact) mass is 452 g/mol. The van der Waals surface area contributed by atoms with Crippen LogP contribution in [-0.2, 0) is 6.18 Å². The average molecular weight is 452 g/mol. The zero-order valence-electron chi connectivity index (χ0n) is 16.1. The van der Waals surface area contributed by atoms with Gasteiger partial charge in [-0.1, -0.05) is 0 Å². The first kappa shape index (κ1) is 22.6. The summed E-state index contributed by atoms with van der Waals surface area (Å²) in [5.74, 6) is -1.33. The molecule has 1 unspecified atom stereocenters. The number of pyridine rings is 1. The van der Waals surface area contributed by atoms with Crippen LogP contribution in [0.1, 0.15) is 40.3 Å². The Morgan fingerprint density at radius 2 is 1.97 bits per heavy atom. The van der Waals surface area contributed by atoms with Gasteiger partial charge in [0.25, 0.3) is 5.91 Å². The van der Waals surface area contributed by atoms with Crippen LogP contribution in [0.25, 0.3) is 5.82 Å². The van der Waals surface area contributed by atoms with E-state index in [1.54, 1.807) is 0 Å². The molecule has 2 heterocycles. The van der Waals surface area contributed by atoms with E-state index in [1.165, 1.54) is 36.3 Å². The molecule has 3 rings (SSSR count). The van der Waals surface area contributed by atoms with E-state index in [4.69, 9.17) is 5.26 Å². The van der Waals surface area contributed by atoms with Gasteiger partial charge < -0.3 is 10.1 Å². The van der Waals surface area contributed by atoms with E-state index in [2.05, 4.69) is 25.1 Å². The van der Waals surface area contributed by atoms with Crippen molar-refractivity contribution in [3.63, 3.8) is 0 Å². The van der Waals surface area contributed by atoms with Crippen molar-refractivity contribution in [3.05, 3.63) is 65.4 Å². The lowest BCUT2D eigenvalue weighted by Crippen LogP contribution is -2.28. The van der Waals surface area contributed by atoms with Gasteiger partial charge in [0, 0.05) is 11.8 Å². The molecular formula is C19H13F5N6O2. The average Bonchev–Trinajstić information content (AvgIpc) is 3.23. The van der Waals surface area contributed by atoms with E-state index in [0.717, 1.165) is 6.07 Å². The Hall–Kier alpha value is -4.08. The fourth-order valence-electron chi connectivity index (χ4n) is 2.58. The number of carbonyl (C=O) groups excluding carboxylic acids is 1. The molecule has 0 spiro atoms. The van der Waals surface area contributed by atoms with Crippen LogP contribution in [-0.4, -0.2) is 32.3 Å². The van der Waals surface area contributed by atoms with E-state index >= 15 is 0 Å². The number of amides is 1. The number of alkyl halides is 5. The Morgan fingerprint density at radius 1 is 1.22 bits per heavy atom. The predicted octanol–water partition coefficient (Wildman–Crippen LogP) is 3.65. The minimum atomic E-state index is -4.88. The highest BCUT2D eigenvalue weighted by Crippen LogP contribution is 2.33. The van der Waals surface area contributed by atoms with Gasteiger partial charge in [0.05, 0.1) is 17.2 Å². The highest BCUT2D eigenvalue weighted by atomic mass is 19.4. The first-order chi connectivity index (χ1) is 15.1. The van der Waals surface area contributed by atoms with Gasteiger partial charge in [-0.05, 0) is 37.3 Å². The summed E-state index contributed by atoms with van der Waals surface area (Å²) in [7, 11) is 0. The summed E-state index contributed by atoms with van der Waals surface area (Å²) in [6.07, 6.45) is -2.25. The normalized spacial score (nSPS) is 12.3. The maximum absolute atomic E-state index is 13.1. The molecule has 3 aromatic rings. The summed E-state index contributed by atoms with van der Waals surface area (Å²) >= 11 is 0. The molecule has 0 aliphatic rings. The molecule has 1 aromatic carbocycles. The number of benzene rings is 1. The van der Waals surface area contributed by atoms with Gasteiger partial charge in [-0.3, -0.25) is 4.79 Å². The van der Waals surface area contributed by atoms with Crippen molar-refractivity contribution in [1.82, 2.24) is 25.1 Å². The van der Waals surface area contributed by atoms with Crippen molar-refractivity contribution >= 4 is 5.91 Å². The molecule has 2 aromatic heterocycles. The molecular weight excluding hydrogens is 439 g/mol. The van der Waals surface area contributed by atoms with Crippen molar-refractivity contribution < 1.29 is 31.5 Å². The van der Waals surface area contributed by atoms with Gasteiger partial charge >= 0.3 is 12.8 Å². The third-order valence-corrected chi connectivity index (χ3v) is 4.08. The number of nitrogens with zero attached hydrogens (tertiary/aromatic N) is 5. The molecule has 0 saturated carbocycles. The molecule has 32 heavy (non-hydrogen) atoms. The number of nitriles is 1. The lowest BCUT2D eigenvalue weighted by atomic mass is 10.1. The van der Waals surface area contributed by atoms with Crippen molar-refractivity contribution in [2.45, 2.75) is 25.8 Å². The highest BCUT2D eigenvalue weighted by molar-refractivity contribution is 5.95. The smallest absolute Gasteiger partial charge is 0.416 e. The van der Waals surface area contributed by atoms with E-state index in [1.807, 2.05) is 6.07 Å². The molecule has 0 bridgehead atoms. The zero-order chi connectivity index (χ0) is 23.5. The minimum absolute atomic E-state index is 0.112. The second kappa shape index (κ2) is 8.96. The summed E-state index contributed by atoms with van der Waals surface area (Å²) in [5, 5.41) is 15.3. The SMILES string of the molecule is CC(NC(=O)c1cc(OC(F)F)cc(C(F)(F)F)c1)c1ncn(-c2ccc(C#N)cn2)n1. The Kier molecular flexibility index (Phi) is 6.33. The number of hydrogen-bond acceptors (Lipinski definition) is 6. The lowest BCUT2D eigenvalue weighted by molar-refractivity contribution is -0.138. The van der Waals surface area contributed by atoms with E-state index < -0.39 is 41.6 Å². The highest BCUT2D eigenvalue weighted by Gasteiger charge is 2.32. The first-order valence-electron chi connectivity index (χ1n) is 8.83. The van der Waals surface area contributed by atoms with Crippen LogP contribution >= 0.6 is 0 Å². The van der Waals surface area contributed by atoms with Crippen LogP contribution in [0.15, 0.2) is 42.9 Å². The van der Waals surface area contributed by atoms with Crippen molar-refractivity contribution in [3.8, 4) is 17.6 Å². The number of halogens is 5. The van der Waals surface area contributed by atoms with Gasteiger partial charge in [-0.25, -0.2) is 14.6 Å². The van der Waals surface area contributed by atoms with Gasteiger partial charge in [0.15, 0.2) is 11.6 Å². The van der Waals surface area contributed by atoms with Crippen LogP contribution in [0.5, 0.6) is 5.75 Å². The van der Waals surface area contributed by atoms with E-state index in [9.17, 15) is 26.7 Å². The Morgan fingerprint density at radius 3 is 2.56 bits per heavy atom. The molecule has 0 aliphatic carbocycles. The molecule has 13 heteroatoms. The van der Waals surface area contributed by atoms with Gasteiger partial charge in [0.1, 0.15) is 18.1 Å². The Labute approximate surface area is 177 Å². The lowest BCUT2D eigenvalue weighted by Gasteiger charge is -2.14. The standard InChI is InChI=1S/C19H13F5N6O2/c1-10(16-27-9-30(29-16)15-3-2-11(7-25)8-26-15)28-17(31)12-4-13(19(22,23)24)6-14(5-12)32-18(20)21/h2-6,8-10,18H,1H3,(H,28,31). The number of hydrogen-bond donors (Lipinski definition) is 1. The number of carbonyl (C=O) groups is 1. The quantitative estimate of drug-likeness (QED) is 0.573. The number of nitrogens with one attached hydrogen (secondary N) is 1. The summed E-state index contributed by atoms with van der Waals surface area (Å²) in [5.41, 5.74) is -1.51. The van der Waals surface area contributed by atoms with Crippen LogP contribution in [0.3, 0.4) is 0 Å². The number of rotatable bonds is 6. The maximum atomic E-state index is 13.1. The van der Waals surface area contributed by atoms with Crippen LogP contribution < -0.4 is 10.1 Å². The topological polar surface area (TPSA) is 106 Å². The van der Waals surface area contributed by atoms with Gasteiger partial charge in [-0.15, -0.1) is 5.10 Å². The Balaban J connectivity index is 1.79. The van der Waals surface area contributed by atoms with E-state index in [0.29, 0.717) is 23.5 Å². The molecule has 0 radical (unpaired) electrons. The molecule has 0 saturated heterocycles. The minimum Gasteiger partial charge on any atom is -0.435 e. The summed E-state index contributed by atoms with van der Waals surface area (Å²) in [6, 6.07) is 5.77. The second-order valence-electron chi connectivity index (χ2n) is 6.38. The third-order valence-electron chi connectivity index (χ3n) is 4.08. The van der Waals surface area contributed by atoms with Crippen LogP contribution in [0.4, 0.5) is 22.0 Å². The van der Waals surface area contributed by atoms with Crippen molar-refractivity contribution in [2.24, 2.45) is 0 Å². The van der Waals surface area contributed by atoms with Gasteiger partial charge in [0.2, 0.25) is 0 Å². The second-order valence-corrected chi connectivity index (χ2v) is 6.38. The fourth-order valence-corrected chi connectivity index (χ4v) is 2.58. The van der Waals surface area contributed by atoms with Crippen LogP contribution in [0, 0.1) is 11.3 Å². The summed E-state index contributed by atoms with van der Waals surface area (Å²) in [4.78, 5) is 20.5. The molecule has 1 N–H and O–H groups in total. The third kappa shape index (κ3) is 5.34. The fraction of sp³-hybridized carbons (Fsp3) is 0.211. The molecule has 166 valence electrons. The van der Waals surface area contributed by atoms with Crippen molar-refractivity contribution in [2.75, 3.05) is 0 Å². The largest absolute Gasteiger partial charge is 0.435 e. The Bertz CT molecular complexity index is 1150. The summed E-state index contributed by atoms with van der Waals surface area (Å²) in [6.45, 7) is -1.88. The van der Waals surface area contributed by atoms with E-state index in [-0.39, 0.29) is 5.82 Å². The molecule has 0 fully saturated rings.